The molecule has 0 spiro atoms. The van der Waals surface area contributed by atoms with Gasteiger partial charge in [0.05, 0.1) is 6.10 Å². The molecule has 1 nitrogen and oxygen atoms in total. The minimum Gasteiger partial charge on any atom is -0.393 e. The molecule has 0 unspecified atom stereocenters. The van der Waals surface area contributed by atoms with Crippen LogP contribution in [-0.4, -0.2) is 11.2 Å². The van der Waals surface area contributed by atoms with E-state index in [-0.39, 0.29) is 6.10 Å². The van der Waals surface area contributed by atoms with Gasteiger partial charge in [0, 0.05) is 0 Å². The van der Waals surface area contributed by atoms with Crippen molar-refractivity contribution in [3.05, 3.63) is 0 Å². The van der Waals surface area contributed by atoms with Gasteiger partial charge in [0.2, 0.25) is 0 Å². The van der Waals surface area contributed by atoms with Crippen LogP contribution in [-0.2, 0) is 0 Å². The third-order valence-corrected chi connectivity index (χ3v) is 10.9. The maximum atomic E-state index is 10.2. The summed E-state index contributed by atoms with van der Waals surface area (Å²) >= 11 is 0. The van der Waals surface area contributed by atoms with Crippen LogP contribution >= 0.6 is 0 Å². The lowest BCUT2D eigenvalue weighted by Crippen LogP contribution is -2.49. The molecule has 1 N–H and O–H groups in total. The van der Waals surface area contributed by atoms with Crippen molar-refractivity contribution in [1.29, 1.82) is 0 Å². The lowest BCUT2D eigenvalue weighted by Gasteiger charge is -2.56. The van der Waals surface area contributed by atoms with Crippen LogP contribution in [0.15, 0.2) is 0 Å². The SMILES string of the molecule is CC(C)[C@H](C)CC[C@@H](C)[C@H]1CC[C@@H]2[C@H]3CC[C@H]4C[C@@H](O)CC[C@@H]4[C@H]3CC[C@@]21C. The third kappa shape index (κ3) is 3.72. The summed E-state index contributed by atoms with van der Waals surface area (Å²) in [4.78, 5) is 0. The first-order valence-corrected chi connectivity index (χ1v) is 13.0. The van der Waals surface area contributed by atoms with E-state index in [0.29, 0.717) is 5.41 Å². The topological polar surface area (TPSA) is 20.2 Å². The highest BCUT2D eigenvalue weighted by Crippen LogP contribution is 2.65. The molecule has 4 aliphatic rings. The van der Waals surface area contributed by atoms with E-state index in [1.54, 1.807) is 0 Å². The Labute approximate surface area is 175 Å². The molecule has 0 bridgehead atoms. The lowest BCUT2D eigenvalue weighted by atomic mass is 9.49. The van der Waals surface area contributed by atoms with Crippen molar-refractivity contribution in [3.63, 3.8) is 0 Å². The normalized spacial score (nSPS) is 47.9. The quantitative estimate of drug-likeness (QED) is 0.523. The molecule has 162 valence electrons. The summed E-state index contributed by atoms with van der Waals surface area (Å²) in [7, 11) is 0. The van der Waals surface area contributed by atoms with Crippen LogP contribution in [0.25, 0.3) is 0 Å². The summed E-state index contributed by atoms with van der Waals surface area (Å²) in [6, 6.07) is 0. The van der Waals surface area contributed by atoms with Crippen molar-refractivity contribution in [2.24, 2.45) is 58.7 Å². The van der Waals surface area contributed by atoms with Gasteiger partial charge in [0.15, 0.2) is 0 Å². The Bertz CT molecular complexity index is 526. The molecule has 4 saturated carbocycles. The summed E-state index contributed by atoms with van der Waals surface area (Å²) in [6.07, 6.45) is 15.3. The smallest absolute Gasteiger partial charge is 0.0543 e. The second kappa shape index (κ2) is 8.24. The number of rotatable bonds is 5. The van der Waals surface area contributed by atoms with Gasteiger partial charge in [-0.05, 0) is 116 Å². The molecule has 1 heteroatoms. The Balaban J connectivity index is 1.42. The van der Waals surface area contributed by atoms with Crippen LogP contribution in [0.4, 0.5) is 0 Å². The Morgan fingerprint density at radius 1 is 0.821 bits per heavy atom. The molecule has 0 heterocycles. The molecule has 4 aliphatic carbocycles. The van der Waals surface area contributed by atoms with Crippen molar-refractivity contribution in [3.8, 4) is 0 Å². The summed E-state index contributed by atoms with van der Waals surface area (Å²) in [5, 5.41) is 10.2. The summed E-state index contributed by atoms with van der Waals surface area (Å²) < 4.78 is 0. The van der Waals surface area contributed by atoms with Crippen molar-refractivity contribution in [1.82, 2.24) is 0 Å². The van der Waals surface area contributed by atoms with Crippen LogP contribution < -0.4 is 0 Å². The van der Waals surface area contributed by atoms with Crippen LogP contribution in [0.1, 0.15) is 105 Å². The van der Waals surface area contributed by atoms with Gasteiger partial charge in [-0.3, -0.25) is 0 Å². The summed E-state index contributed by atoms with van der Waals surface area (Å²) in [6.45, 7) is 12.6. The number of hydrogen-bond donors (Lipinski definition) is 1. The molecule has 4 fully saturated rings. The van der Waals surface area contributed by atoms with Gasteiger partial charge in [0.25, 0.3) is 0 Å². The molecule has 0 aromatic carbocycles. The van der Waals surface area contributed by atoms with Crippen molar-refractivity contribution in [2.75, 3.05) is 0 Å². The van der Waals surface area contributed by atoms with E-state index in [2.05, 4.69) is 34.6 Å². The third-order valence-electron chi connectivity index (χ3n) is 10.9. The van der Waals surface area contributed by atoms with E-state index in [0.717, 1.165) is 66.1 Å². The number of hydrogen-bond acceptors (Lipinski definition) is 1. The molecule has 0 aliphatic heterocycles. The molecule has 0 aromatic heterocycles. The fraction of sp³-hybridized carbons (Fsp3) is 1.00. The van der Waals surface area contributed by atoms with Gasteiger partial charge in [0.1, 0.15) is 0 Å². The predicted octanol–water partition coefficient (Wildman–Crippen LogP) is 7.32. The average molecular weight is 389 g/mol. The van der Waals surface area contributed by atoms with Gasteiger partial charge >= 0.3 is 0 Å². The highest BCUT2D eigenvalue weighted by molar-refractivity contribution is 5.06. The standard InChI is InChI=1S/C27H48O/c1-17(2)18(3)6-7-19(4)25-12-13-26-24-10-8-20-16-21(28)9-11-22(20)23(24)14-15-27(25,26)5/h17-26,28H,6-16H2,1-5H3/t18-,19-,20+,21+,22+,23-,24+,25-,26-,27-/m1/s1. The van der Waals surface area contributed by atoms with Gasteiger partial charge < -0.3 is 5.11 Å². The fourth-order valence-corrected chi connectivity index (χ4v) is 8.86. The Morgan fingerprint density at radius 2 is 1.57 bits per heavy atom. The fourth-order valence-electron chi connectivity index (χ4n) is 8.86. The van der Waals surface area contributed by atoms with Gasteiger partial charge in [-0.2, -0.15) is 0 Å². The highest BCUT2D eigenvalue weighted by Gasteiger charge is 2.57. The zero-order valence-corrected chi connectivity index (χ0v) is 19.5. The molecule has 28 heavy (non-hydrogen) atoms. The average Bonchev–Trinajstić information content (AvgIpc) is 3.02. The van der Waals surface area contributed by atoms with Crippen LogP contribution in [0.5, 0.6) is 0 Å². The summed E-state index contributed by atoms with van der Waals surface area (Å²) in [5.74, 6) is 8.42. The Kier molecular flexibility index (Phi) is 6.24. The van der Waals surface area contributed by atoms with Gasteiger partial charge in [-0.1, -0.05) is 47.5 Å². The van der Waals surface area contributed by atoms with E-state index in [1.165, 1.54) is 57.8 Å². The lowest BCUT2D eigenvalue weighted by molar-refractivity contribution is -0.0823. The number of aliphatic hydroxyl groups excluding tert-OH is 1. The zero-order chi connectivity index (χ0) is 20.1. The maximum absolute atomic E-state index is 10.2. The predicted molar refractivity (Wildman–Crippen MR) is 119 cm³/mol. The van der Waals surface area contributed by atoms with Crippen LogP contribution in [0.3, 0.4) is 0 Å². The van der Waals surface area contributed by atoms with E-state index >= 15 is 0 Å². The number of fused-ring (bicyclic) bond motifs is 5. The van der Waals surface area contributed by atoms with E-state index in [1.807, 2.05) is 0 Å². The zero-order valence-electron chi connectivity index (χ0n) is 19.5. The van der Waals surface area contributed by atoms with Crippen molar-refractivity contribution < 1.29 is 5.11 Å². The molecule has 0 radical (unpaired) electrons. The van der Waals surface area contributed by atoms with Crippen LogP contribution in [0, 0.1) is 58.7 Å². The minimum absolute atomic E-state index is 0.0107. The minimum atomic E-state index is 0.0107. The molecular formula is C27H48O. The molecule has 10 atom stereocenters. The molecule has 0 saturated heterocycles. The molecule has 4 rings (SSSR count). The van der Waals surface area contributed by atoms with Crippen LogP contribution in [0.2, 0.25) is 0 Å². The Hall–Kier alpha value is -0.0400. The van der Waals surface area contributed by atoms with Crippen molar-refractivity contribution in [2.45, 2.75) is 111 Å². The van der Waals surface area contributed by atoms with Gasteiger partial charge in [-0.25, -0.2) is 0 Å². The highest BCUT2D eigenvalue weighted by atomic mass is 16.3. The molecule has 0 amide bonds. The van der Waals surface area contributed by atoms with E-state index in [4.69, 9.17) is 0 Å². The van der Waals surface area contributed by atoms with Gasteiger partial charge in [-0.15, -0.1) is 0 Å². The second-order valence-corrected chi connectivity index (χ2v) is 12.4. The summed E-state index contributed by atoms with van der Waals surface area (Å²) in [5.41, 5.74) is 0.628. The van der Waals surface area contributed by atoms with Crippen molar-refractivity contribution >= 4 is 0 Å². The first kappa shape index (κ1) is 21.2. The first-order chi connectivity index (χ1) is 13.3. The monoisotopic (exact) mass is 388 g/mol. The van der Waals surface area contributed by atoms with E-state index < -0.39 is 0 Å². The molecule has 0 aromatic rings. The maximum Gasteiger partial charge on any atom is 0.0543 e. The molecular weight excluding hydrogens is 340 g/mol. The Morgan fingerprint density at radius 3 is 2.32 bits per heavy atom. The number of aliphatic hydroxyl groups is 1. The second-order valence-electron chi connectivity index (χ2n) is 12.4. The largest absolute Gasteiger partial charge is 0.393 e. The first-order valence-electron chi connectivity index (χ1n) is 13.0. The van der Waals surface area contributed by atoms with E-state index in [9.17, 15) is 5.11 Å².